The summed E-state index contributed by atoms with van der Waals surface area (Å²) in [7, 11) is 1.66. The first-order valence-electron chi connectivity index (χ1n) is 13.2. The molecule has 0 bridgehead atoms. The number of hydrazone groups is 1. The zero-order valence-electron chi connectivity index (χ0n) is 21.8. The Hall–Kier alpha value is -5.23. The van der Waals surface area contributed by atoms with Crippen LogP contribution in [0.3, 0.4) is 0 Å². The van der Waals surface area contributed by atoms with Crippen LogP contribution in [0.25, 0.3) is 10.8 Å². The van der Waals surface area contributed by atoms with E-state index in [1.165, 1.54) is 4.90 Å². The molecule has 0 aliphatic carbocycles. The number of hydrogen-bond acceptors (Lipinski definition) is 5. The van der Waals surface area contributed by atoms with E-state index in [1.54, 1.807) is 25.3 Å². The van der Waals surface area contributed by atoms with Crippen molar-refractivity contribution in [3.63, 3.8) is 0 Å². The Bertz CT molecular complexity index is 1780. The van der Waals surface area contributed by atoms with E-state index >= 15 is 0 Å². The van der Waals surface area contributed by atoms with Crippen LogP contribution in [0.5, 0.6) is 5.75 Å². The average Bonchev–Trinajstić information content (AvgIpc) is 3.46. The predicted octanol–water partition coefficient (Wildman–Crippen LogP) is 7.00. The molecule has 0 fully saturated rings. The second-order valence-corrected chi connectivity index (χ2v) is 9.89. The van der Waals surface area contributed by atoms with Crippen LogP contribution in [-0.2, 0) is 0 Å². The number of ether oxygens (including phenoxy) is 1. The van der Waals surface area contributed by atoms with Crippen molar-refractivity contribution in [2.75, 3.05) is 17.0 Å². The number of amides is 2. The predicted molar refractivity (Wildman–Crippen MR) is 157 cm³/mol. The summed E-state index contributed by atoms with van der Waals surface area (Å²) in [6.07, 6.45) is 0.665. The van der Waals surface area contributed by atoms with Crippen LogP contribution >= 0.6 is 0 Å². The number of benzene rings is 5. The number of carbonyl (C=O) groups excluding carboxylic acids is 2. The van der Waals surface area contributed by atoms with Crippen molar-refractivity contribution in [1.82, 2.24) is 0 Å². The van der Waals surface area contributed by atoms with Gasteiger partial charge in [-0.1, -0.05) is 66.7 Å². The van der Waals surface area contributed by atoms with Crippen molar-refractivity contribution in [1.29, 1.82) is 0 Å². The van der Waals surface area contributed by atoms with Crippen LogP contribution in [0.2, 0.25) is 0 Å². The van der Waals surface area contributed by atoms with Crippen molar-refractivity contribution in [2.45, 2.75) is 12.5 Å². The molecule has 2 heterocycles. The lowest BCUT2D eigenvalue weighted by molar-refractivity contribution is 0.0893. The van der Waals surface area contributed by atoms with E-state index in [1.807, 2.05) is 72.8 Å². The Morgan fingerprint density at radius 1 is 0.675 bits per heavy atom. The molecule has 0 radical (unpaired) electrons. The molecule has 6 heteroatoms. The maximum Gasteiger partial charge on any atom is 0.265 e. The minimum absolute atomic E-state index is 0.0223. The summed E-state index contributed by atoms with van der Waals surface area (Å²) in [6.45, 7) is 0. The molecule has 0 spiro atoms. The van der Waals surface area contributed by atoms with E-state index in [2.05, 4.69) is 29.3 Å². The number of para-hydroxylation sites is 2. The molecule has 2 aliphatic heterocycles. The molecule has 0 aromatic heterocycles. The monoisotopic (exact) mass is 523 g/mol. The highest BCUT2D eigenvalue weighted by Gasteiger charge is 2.36. The van der Waals surface area contributed by atoms with Crippen molar-refractivity contribution >= 4 is 39.7 Å². The average molecular weight is 524 g/mol. The van der Waals surface area contributed by atoms with Crippen LogP contribution in [0.15, 0.2) is 120 Å². The lowest BCUT2D eigenvalue weighted by Crippen LogP contribution is -2.40. The van der Waals surface area contributed by atoms with Crippen molar-refractivity contribution in [3.8, 4) is 5.75 Å². The van der Waals surface area contributed by atoms with Gasteiger partial charge in [0.05, 0.1) is 30.2 Å². The van der Waals surface area contributed by atoms with E-state index in [0.29, 0.717) is 28.6 Å². The molecule has 2 amide bonds. The Morgan fingerprint density at radius 2 is 1.30 bits per heavy atom. The Balaban J connectivity index is 1.34. The van der Waals surface area contributed by atoms with Gasteiger partial charge in [-0.25, -0.2) is 4.90 Å². The highest BCUT2D eigenvalue weighted by Crippen LogP contribution is 2.40. The second kappa shape index (κ2) is 9.50. The molecule has 0 saturated heterocycles. The minimum atomic E-state index is -0.318. The fourth-order valence-corrected chi connectivity index (χ4v) is 5.74. The van der Waals surface area contributed by atoms with Gasteiger partial charge in [-0.2, -0.15) is 5.10 Å². The zero-order chi connectivity index (χ0) is 27.2. The quantitative estimate of drug-likeness (QED) is 0.233. The third-order valence-corrected chi connectivity index (χ3v) is 7.66. The number of imide groups is 1. The normalized spacial score (nSPS) is 16.4. The molecule has 5 aromatic rings. The SMILES string of the molecule is COc1ccc([C@H]2CC(c3ccc4c5c(cccc35)C(=O)N(c3ccccc3)C4=O)=NN2c2ccccc2)cc1. The Labute approximate surface area is 231 Å². The van der Waals surface area contributed by atoms with Gasteiger partial charge in [0.25, 0.3) is 11.8 Å². The van der Waals surface area contributed by atoms with Gasteiger partial charge >= 0.3 is 0 Å². The third kappa shape index (κ3) is 3.76. The highest BCUT2D eigenvalue weighted by molar-refractivity contribution is 6.36. The zero-order valence-corrected chi connectivity index (χ0v) is 21.8. The molecule has 6 nitrogen and oxygen atoms in total. The van der Waals surface area contributed by atoms with Gasteiger partial charge in [0.1, 0.15) is 5.75 Å². The molecule has 5 aromatic carbocycles. The van der Waals surface area contributed by atoms with E-state index in [-0.39, 0.29) is 17.9 Å². The molecule has 0 saturated carbocycles. The van der Waals surface area contributed by atoms with Crippen LogP contribution in [0.1, 0.15) is 44.3 Å². The molecular weight excluding hydrogens is 498 g/mol. The van der Waals surface area contributed by atoms with Gasteiger partial charge < -0.3 is 4.74 Å². The maximum atomic E-state index is 13.6. The molecule has 194 valence electrons. The lowest BCUT2D eigenvalue weighted by atomic mass is 9.88. The van der Waals surface area contributed by atoms with Crippen LogP contribution < -0.4 is 14.6 Å². The smallest absolute Gasteiger partial charge is 0.265 e. The summed E-state index contributed by atoms with van der Waals surface area (Å²) in [5.41, 5.74) is 5.53. The summed E-state index contributed by atoms with van der Waals surface area (Å²) in [5, 5.41) is 8.71. The largest absolute Gasteiger partial charge is 0.497 e. The van der Waals surface area contributed by atoms with E-state index < -0.39 is 0 Å². The van der Waals surface area contributed by atoms with Gasteiger partial charge in [0, 0.05) is 28.5 Å². The summed E-state index contributed by atoms with van der Waals surface area (Å²) in [4.78, 5) is 28.5. The molecule has 1 atom stereocenters. The van der Waals surface area contributed by atoms with Crippen LogP contribution in [0, 0.1) is 0 Å². The lowest BCUT2D eigenvalue weighted by Gasteiger charge is -2.27. The van der Waals surface area contributed by atoms with Crippen LogP contribution in [-0.4, -0.2) is 24.6 Å². The summed E-state index contributed by atoms with van der Waals surface area (Å²) >= 11 is 0. The first-order valence-corrected chi connectivity index (χ1v) is 13.2. The van der Waals surface area contributed by atoms with Crippen molar-refractivity contribution in [2.24, 2.45) is 5.10 Å². The Kier molecular flexibility index (Phi) is 5.67. The summed E-state index contributed by atoms with van der Waals surface area (Å²) in [6, 6.07) is 36.7. The van der Waals surface area contributed by atoms with E-state index in [0.717, 1.165) is 33.7 Å². The molecule has 0 N–H and O–H groups in total. The van der Waals surface area contributed by atoms with Crippen molar-refractivity contribution in [3.05, 3.63) is 138 Å². The Morgan fingerprint density at radius 3 is 1.98 bits per heavy atom. The van der Waals surface area contributed by atoms with Gasteiger partial charge in [0.2, 0.25) is 0 Å². The molecule has 40 heavy (non-hydrogen) atoms. The molecular formula is C34H25N3O3. The number of nitrogens with zero attached hydrogens (tertiary/aromatic N) is 3. The van der Waals surface area contributed by atoms with Gasteiger partial charge in [-0.3, -0.25) is 14.6 Å². The molecule has 7 rings (SSSR count). The third-order valence-electron chi connectivity index (χ3n) is 7.66. The number of rotatable bonds is 5. The fourth-order valence-electron chi connectivity index (χ4n) is 5.74. The summed E-state index contributed by atoms with van der Waals surface area (Å²) in [5.74, 6) is 0.167. The minimum Gasteiger partial charge on any atom is -0.497 e. The highest BCUT2D eigenvalue weighted by atomic mass is 16.5. The van der Waals surface area contributed by atoms with Crippen LogP contribution in [0.4, 0.5) is 11.4 Å². The van der Waals surface area contributed by atoms with E-state index in [4.69, 9.17) is 9.84 Å². The first-order chi connectivity index (χ1) is 19.6. The van der Waals surface area contributed by atoms with Gasteiger partial charge in [-0.05, 0) is 59.5 Å². The second-order valence-electron chi connectivity index (χ2n) is 9.89. The molecule has 2 aliphatic rings. The summed E-state index contributed by atoms with van der Waals surface area (Å²) < 4.78 is 5.37. The first kappa shape index (κ1) is 23.9. The number of anilines is 2. The fraction of sp³-hybridized carbons (Fsp3) is 0.0882. The standard InChI is InChI=1S/C34H25N3O3/c1-40-25-17-15-22(16-18-25)31-21-30(35-37(31)24-11-6-3-7-12-24)26-19-20-29-32-27(26)13-8-14-28(32)33(38)36(34(29)39)23-9-4-2-5-10-23/h2-20,31H,21H2,1H3/t31-/m1/s1. The van der Waals surface area contributed by atoms with Crippen molar-refractivity contribution < 1.29 is 14.3 Å². The molecule has 0 unspecified atom stereocenters. The van der Waals surface area contributed by atoms with Gasteiger partial charge in [0.15, 0.2) is 0 Å². The van der Waals surface area contributed by atoms with Gasteiger partial charge in [-0.15, -0.1) is 0 Å². The topological polar surface area (TPSA) is 62.2 Å². The number of methoxy groups -OCH3 is 1. The number of hydrogen-bond donors (Lipinski definition) is 0. The van der Waals surface area contributed by atoms with E-state index in [9.17, 15) is 9.59 Å². The number of carbonyl (C=O) groups is 2. The maximum absolute atomic E-state index is 13.6.